The van der Waals surface area contributed by atoms with Gasteiger partial charge in [-0.3, -0.25) is 4.79 Å². The molecule has 0 bridgehead atoms. The van der Waals surface area contributed by atoms with Gasteiger partial charge in [-0.15, -0.1) is 0 Å². The molecule has 1 aromatic carbocycles. The fourth-order valence-corrected chi connectivity index (χ4v) is 2.99. The van der Waals surface area contributed by atoms with Crippen molar-refractivity contribution in [2.75, 3.05) is 26.2 Å². The van der Waals surface area contributed by atoms with Crippen LogP contribution in [0.1, 0.15) is 36.0 Å². The molecule has 0 spiro atoms. The first-order chi connectivity index (χ1) is 9.66. The summed E-state index contributed by atoms with van der Waals surface area (Å²) >= 11 is 3.22. The second-order valence-electron chi connectivity index (χ2n) is 5.14. The average Bonchev–Trinajstić information content (AvgIpc) is 2.67. The summed E-state index contributed by atoms with van der Waals surface area (Å²) in [6.07, 6.45) is 5.12. The fraction of sp³-hybridized carbons (Fsp3) is 0.533. The Morgan fingerprint density at radius 1 is 1.25 bits per heavy atom. The van der Waals surface area contributed by atoms with Crippen LogP contribution in [-0.2, 0) is 0 Å². The topological polar surface area (TPSA) is 32.3 Å². The molecule has 3 nitrogen and oxygen atoms in total. The molecule has 0 atom stereocenters. The molecule has 110 valence electrons. The largest absolute Gasteiger partial charge is 0.351 e. The third-order valence-electron chi connectivity index (χ3n) is 3.59. The van der Waals surface area contributed by atoms with Crippen LogP contribution in [0.5, 0.6) is 0 Å². The van der Waals surface area contributed by atoms with Crippen molar-refractivity contribution in [3.8, 4) is 0 Å². The monoisotopic (exact) mass is 342 g/mol. The van der Waals surface area contributed by atoms with E-state index in [0.717, 1.165) is 19.6 Å². The second-order valence-corrected chi connectivity index (χ2v) is 5.99. The number of benzene rings is 1. The maximum atomic E-state index is 13.0. The van der Waals surface area contributed by atoms with Crippen LogP contribution in [0.4, 0.5) is 4.39 Å². The minimum Gasteiger partial charge on any atom is -0.351 e. The summed E-state index contributed by atoms with van der Waals surface area (Å²) in [6, 6.07) is 4.11. The third-order valence-corrected chi connectivity index (χ3v) is 4.24. The number of amides is 1. The maximum absolute atomic E-state index is 13.0. The molecule has 1 aliphatic heterocycles. The van der Waals surface area contributed by atoms with Crippen molar-refractivity contribution in [3.05, 3.63) is 34.1 Å². The summed E-state index contributed by atoms with van der Waals surface area (Å²) in [7, 11) is 0. The van der Waals surface area contributed by atoms with Crippen LogP contribution in [0.15, 0.2) is 22.7 Å². The van der Waals surface area contributed by atoms with Gasteiger partial charge in [0.15, 0.2) is 0 Å². The van der Waals surface area contributed by atoms with E-state index in [2.05, 4.69) is 26.1 Å². The predicted octanol–water partition coefficient (Wildman–Crippen LogP) is 3.19. The molecule has 1 aliphatic rings. The number of hydrogen-bond acceptors (Lipinski definition) is 2. The number of carbonyl (C=O) groups excluding carboxylic acids is 1. The highest BCUT2D eigenvalue weighted by atomic mass is 79.9. The van der Waals surface area contributed by atoms with Crippen LogP contribution in [0.3, 0.4) is 0 Å². The molecule has 1 N–H and O–H groups in total. The molecule has 2 rings (SSSR count). The molecule has 0 aromatic heterocycles. The predicted molar refractivity (Wildman–Crippen MR) is 81.3 cm³/mol. The third kappa shape index (κ3) is 4.56. The quantitative estimate of drug-likeness (QED) is 0.911. The van der Waals surface area contributed by atoms with Gasteiger partial charge in [-0.2, -0.15) is 0 Å². The average molecular weight is 343 g/mol. The van der Waals surface area contributed by atoms with E-state index in [4.69, 9.17) is 0 Å². The Bertz CT molecular complexity index is 459. The van der Waals surface area contributed by atoms with Crippen molar-refractivity contribution >= 4 is 21.8 Å². The van der Waals surface area contributed by atoms with E-state index in [1.54, 1.807) is 0 Å². The standard InChI is InChI=1S/C15H20BrFN2O/c16-14-11-12(17)5-6-13(14)15(20)18-7-10-19-8-3-1-2-4-9-19/h5-6,11H,1-4,7-10H2,(H,18,20). The van der Waals surface area contributed by atoms with E-state index in [-0.39, 0.29) is 11.7 Å². The number of carbonyl (C=O) groups is 1. The Balaban J connectivity index is 1.79. The van der Waals surface area contributed by atoms with Crippen molar-refractivity contribution < 1.29 is 9.18 Å². The van der Waals surface area contributed by atoms with Crippen LogP contribution in [-0.4, -0.2) is 37.0 Å². The zero-order valence-corrected chi connectivity index (χ0v) is 13.1. The molecule has 0 radical (unpaired) electrons. The van der Waals surface area contributed by atoms with Gasteiger partial charge in [0.25, 0.3) is 5.91 Å². The van der Waals surface area contributed by atoms with Gasteiger partial charge in [0.1, 0.15) is 5.82 Å². The van der Waals surface area contributed by atoms with Gasteiger partial charge in [0, 0.05) is 17.6 Å². The lowest BCUT2D eigenvalue weighted by molar-refractivity contribution is 0.0947. The molecule has 5 heteroatoms. The number of likely N-dealkylation sites (tertiary alicyclic amines) is 1. The Morgan fingerprint density at radius 2 is 1.95 bits per heavy atom. The van der Waals surface area contributed by atoms with Crippen LogP contribution < -0.4 is 5.32 Å². The minimum atomic E-state index is -0.349. The highest BCUT2D eigenvalue weighted by molar-refractivity contribution is 9.10. The Labute approximate surface area is 127 Å². The maximum Gasteiger partial charge on any atom is 0.252 e. The Morgan fingerprint density at radius 3 is 2.60 bits per heavy atom. The zero-order valence-electron chi connectivity index (χ0n) is 11.5. The van der Waals surface area contributed by atoms with Gasteiger partial charge >= 0.3 is 0 Å². The summed E-state index contributed by atoms with van der Waals surface area (Å²) in [5, 5.41) is 2.89. The van der Waals surface area contributed by atoms with Gasteiger partial charge in [0.2, 0.25) is 0 Å². The number of rotatable bonds is 4. The van der Waals surface area contributed by atoms with Crippen molar-refractivity contribution in [2.45, 2.75) is 25.7 Å². The molecular weight excluding hydrogens is 323 g/mol. The lowest BCUT2D eigenvalue weighted by Crippen LogP contribution is -2.35. The highest BCUT2D eigenvalue weighted by Crippen LogP contribution is 2.17. The van der Waals surface area contributed by atoms with Gasteiger partial charge in [-0.25, -0.2) is 4.39 Å². The molecule has 0 unspecified atom stereocenters. The second kappa shape index (κ2) is 7.74. The fourth-order valence-electron chi connectivity index (χ4n) is 2.46. The summed E-state index contributed by atoms with van der Waals surface area (Å²) in [6.45, 7) is 3.75. The number of nitrogens with one attached hydrogen (secondary N) is 1. The zero-order chi connectivity index (χ0) is 14.4. The van der Waals surface area contributed by atoms with E-state index in [1.807, 2.05) is 0 Å². The summed E-state index contributed by atoms with van der Waals surface area (Å²) in [5.41, 5.74) is 0.474. The van der Waals surface area contributed by atoms with Crippen LogP contribution >= 0.6 is 15.9 Å². The highest BCUT2D eigenvalue weighted by Gasteiger charge is 2.12. The van der Waals surface area contributed by atoms with Gasteiger partial charge < -0.3 is 10.2 Å². The van der Waals surface area contributed by atoms with Crippen molar-refractivity contribution in [1.29, 1.82) is 0 Å². The first-order valence-electron chi connectivity index (χ1n) is 7.12. The first-order valence-corrected chi connectivity index (χ1v) is 7.92. The Kier molecular flexibility index (Phi) is 5.98. The summed E-state index contributed by atoms with van der Waals surface area (Å²) < 4.78 is 13.5. The molecule has 20 heavy (non-hydrogen) atoms. The van der Waals surface area contributed by atoms with Gasteiger partial charge in [-0.1, -0.05) is 12.8 Å². The smallest absolute Gasteiger partial charge is 0.252 e. The number of hydrogen-bond donors (Lipinski definition) is 1. The van der Waals surface area contributed by atoms with E-state index in [0.29, 0.717) is 16.6 Å². The van der Waals surface area contributed by atoms with Gasteiger partial charge in [-0.05, 0) is 60.1 Å². The first kappa shape index (κ1) is 15.4. The summed E-state index contributed by atoms with van der Waals surface area (Å²) in [4.78, 5) is 14.4. The number of nitrogens with zero attached hydrogens (tertiary/aromatic N) is 1. The normalized spacial score (nSPS) is 16.7. The molecule has 1 saturated heterocycles. The molecule has 1 heterocycles. The van der Waals surface area contributed by atoms with E-state index in [1.165, 1.54) is 43.9 Å². The van der Waals surface area contributed by atoms with Crippen LogP contribution in [0, 0.1) is 5.82 Å². The molecular formula is C15H20BrFN2O. The van der Waals surface area contributed by atoms with Crippen molar-refractivity contribution in [2.24, 2.45) is 0 Å². The van der Waals surface area contributed by atoms with Crippen molar-refractivity contribution in [1.82, 2.24) is 10.2 Å². The van der Waals surface area contributed by atoms with Crippen LogP contribution in [0.2, 0.25) is 0 Å². The van der Waals surface area contributed by atoms with E-state index >= 15 is 0 Å². The summed E-state index contributed by atoms with van der Waals surface area (Å²) in [5.74, 6) is -0.510. The van der Waals surface area contributed by atoms with Crippen LogP contribution in [0.25, 0.3) is 0 Å². The molecule has 1 fully saturated rings. The minimum absolute atomic E-state index is 0.160. The van der Waals surface area contributed by atoms with E-state index < -0.39 is 0 Å². The Hall–Kier alpha value is -0.940. The van der Waals surface area contributed by atoms with Crippen molar-refractivity contribution in [3.63, 3.8) is 0 Å². The van der Waals surface area contributed by atoms with Gasteiger partial charge in [0.05, 0.1) is 5.56 Å². The lowest BCUT2D eigenvalue weighted by atomic mass is 10.2. The molecule has 1 amide bonds. The SMILES string of the molecule is O=C(NCCN1CCCCCC1)c1ccc(F)cc1Br. The number of halogens is 2. The van der Waals surface area contributed by atoms with E-state index in [9.17, 15) is 9.18 Å². The lowest BCUT2D eigenvalue weighted by Gasteiger charge is -2.19. The molecule has 0 aliphatic carbocycles. The molecule has 1 aromatic rings. The molecule has 0 saturated carbocycles.